The lowest BCUT2D eigenvalue weighted by atomic mass is 9.84. The van der Waals surface area contributed by atoms with E-state index in [1.165, 1.54) is 11.1 Å². The Morgan fingerprint density at radius 2 is 2.15 bits per heavy atom. The van der Waals surface area contributed by atoms with Crippen molar-refractivity contribution in [1.82, 2.24) is 0 Å². The summed E-state index contributed by atoms with van der Waals surface area (Å²) in [5, 5.41) is 9.19. The van der Waals surface area contributed by atoms with Gasteiger partial charge in [0.25, 0.3) is 0 Å². The number of hydrogen-bond acceptors (Lipinski definition) is 2. The Balaban J connectivity index is 1.99. The lowest BCUT2D eigenvalue weighted by Crippen LogP contribution is -2.28. The number of epoxide rings is 1. The zero-order valence-electron chi connectivity index (χ0n) is 7.36. The molecule has 2 nitrogen and oxygen atoms in total. The van der Waals surface area contributed by atoms with Crippen LogP contribution in [0.5, 0.6) is 0 Å². The third kappa shape index (κ3) is 0.960. The van der Waals surface area contributed by atoms with E-state index in [4.69, 9.17) is 4.74 Å². The van der Waals surface area contributed by atoms with E-state index in [1.54, 1.807) is 0 Å². The van der Waals surface area contributed by atoms with E-state index in [2.05, 4.69) is 18.2 Å². The summed E-state index contributed by atoms with van der Waals surface area (Å²) in [6.45, 7) is 0.159. The molecule has 1 aliphatic heterocycles. The number of benzene rings is 1. The smallest absolute Gasteiger partial charge is 0.122 e. The molecule has 0 amide bonds. The fourth-order valence-corrected chi connectivity index (χ4v) is 2.28. The van der Waals surface area contributed by atoms with E-state index in [9.17, 15) is 5.11 Å². The molecule has 13 heavy (non-hydrogen) atoms. The van der Waals surface area contributed by atoms with Crippen molar-refractivity contribution in [3.05, 3.63) is 35.4 Å². The second-order valence-electron chi connectivity index (χ2n) is 3.98. The van der Waals surface area contributed by atoms with Gasteiger partial charge >= 0.3 is 0 Å². The van der Waals surface area contributed by atoms with Crippen molar-refractivity contribution in [2.24, 2.45) is 0 Å². The molecule has 68 valence electrons. The Labute approximate surface area is 77.2 Å². The molecule has 1 heterocycles. The highest BCUT2D eigenvalue weighted by Crippen LogP contribution is 2.45. The Morgan fingerprint density at radius 1 is 1.38 bits per heavy atom. The van der Waals surface area contributed by atoms with Crippen LogP contribution in [0.4, 0.5) is 0 Å². The van der Waals surface area contributed by atoms with Crippen molar-refractivity contribution < 1.29 is 9.84 Å². The topological polar surface area (TPSA) is 32.8 Å². The summed E-state index contributed by atoms with van der Waals surface area (Å²) in [6, 6.07) is 8.39. The minimum absolute atomic E-state index is 0.159. The molecule has 0 aromatic heterocycles. The molecule has 1 aromatic rings. The highest BCUT2D eigenvalue weighted by atomic mass is 16.6. The zero-order valence-corrected chi connectivity index (χ0v) is 7.36. The predicted octanol–water partition coefficient (Wildman–Crippen LogP) is 0.915. The number of rotatable bonds is 1. The van der Waals surface area contributed by atoms with Crippen LogP contribution in [0.1, 0.15) is 11.1 Å². The molecule has 2 aliphatic rings. The van der Waals surface area contributed by atoms with E-state index < -0.39 is 0 Å². The zero-order chi connectivity index (χ0) is 8.89. The van der Waals surface area contributed by atoms with Crippen LogP contribution in [0.3, 0.4) is 0 Å². The van der Waals surface area contributed by atoms with Gasteiger partial charge in [0.1, 0.15) is 5.60 Å². The molecule has 1 fully saturated rings. The summed E-state index contributed by atoms with van der Waals surface area (Å²) in [6.07, 6.45) is 2.12. The minimum atomic E-state index is -0.214. The predicted molar refractivity (Wildman–Crippen MR) is 48.5 cm³/mol. The van der Waals surface area contributed by atoms with Crippen LogP contribution >= 0.6 is 0 Å². The number of aliphatic hydroxyl groups is 1. The first-order valence-electron chi connectivity index (χ1n) is 4.69. The SMILES string of the molecule is OC[C@]12Cc3ccccc3C[C@H]1O2. The van der Waals surface area contributed by atoms with Gasteiger partial charge in [-0.3, -0.25) is 0 Å². The first-order valence-corrected chi connectivity index (χ1v) is 4.69. The molecule has 0 radical (unpaired) electrons. The maximum Gasteiger partial charge on any atom is 0.122 e. The fraction of sp³-hybridized carbons (Fsp3) is 0.455. The van der Waals surface area contributed by atoms with Crippen molar-refractivity contribution in [3.8, 4) is 0 Å². The van der Waals surface area contributed by atoms with Crippen LogP contribution in [0.15, 0.2) is 24.3 Å². The van der Waals surface area contributed by atoms with Gasteiger partial charge in [-0.1, -0.05) is 24.3 Å². The average Bonchev–Trinajstić information content (AvgIpc) is 2.88. The van der Waals surface area contributed by atoms with Crippen LogP contribution in [-0.4, -0.2) is 23.4 Å². The van der Waals surface area contributed by atoms with E-state index in [-0.39, 0.29) is 18.3 Å². The highest BCUT2D eigenvalue weighted by Gasteiger charge is 2.57. The molecule has 1 aromatic carbocycles. The van der Waals surface area contributed by atoms with E-state index in [1.807, 2.05) is 6.07 Å². The molecule has 0 bridgehead atoms. The largest absolute Gasteiger partial charge is 0.393 e. The Morgan fingerprint density at radius 3 is 2.92 bits per heavy atom. The summed E-state index contributed by atoms with van der Waals surface area (Å²) >= 11 is 0. The van der Waals surface area contributed by atoms with Crippen molar-refractivity contribution in [3.63, 3.8) is 0 Å². The van der Waals surface area contributed by atoms with E-state index >= 15 is 0 Å². The van der Waals surface area contributed by atoms with Crippen molar-refractivity contribution in [2.45, 2.75) is 24.5 Å². The Hall–Kier alpha value is -0.860. The maximum atomic E-state index is 9.19. The number of hydrogen-bond donors (Lipinski definition) is 1. The molecule has 0 spiro atoms. The summed E-state index contributed by atoms with van der Waals surface area (Å²) < 4.78 is 5.55. The van der Waals surface area contributed by atoms with Gasteiger partial charge in [-0.15, -0.1) is 0 Å². The van der Waals surface area contributed by atoms with Gasteiger partial charge < -0.3 is 9.84 Å². The molecule has 2 heteroatoms. The summed E-state index contributed by atoms with van der Waals surface area (Å²) in [4.78, 5) is 0. The van der Waals surface area contributed by atoms with Crippen LogP contribution in [0.2, 0.25) is 0 Å². The van der Waals surface area contributed by atoms with Crippen LogP contribution in [0, 0.1) is 0 Å². The Kier molecular flexibility index (Phi) is 1.35. The standard InChI is InChI=1S/C11H12O2/c12-7-11-6-9-4-2-1-3-8(9)5-10(11)13-11/h1-4,10,12H,5-7H2/t10-,11-/m1/s1. The average molecular weight is 176 g/mol. The second kappa shape index (κ2) is 2.34. The Bertz CT molecular complexity index is 348. The third-order valence-electron chi connectivity index (χ3n) is 3.19. The van der Waals surface area contributed by atoms with Gasteiger partial charge in [0.05, 0.1) is 12.7 Å². The molecule has 1 aliphatic carbocycles. The summed E-state index contributed by atoms with van der Waals surface area (Å²) in [7, 11) is 0. The number of ether oxygens (including phenoxy) is 1. The molecule has 2 atom stereocenters. The van der Waals surface area contributed by atoms with E-state index in [0.29, 0.717) is 0 Å². The monoisotopic (exact) mass is 176 g/mol. The molecule has 0 saturated carbocycles. The van der Waals surface area contributed by atoms with Crippen molar-refractivity contribution >= 4 is 0 Å². The first-order chi connectivity index (χ1) is 6.34. The molecule has 0 unspecified atom stereocenters. The fourth-order valence-electron chi connectivity index (χ4n) is 2.28. The normalized spacial score (nSPS) is 35.0. The molecular formula is C11H12O2. The third-order valence-corrected chi connectivity index (χ3v) is 3.19. The van der Waals surface area contributed by atoms with Gasteiger partial charge in [-0.05, 0) is 11.1 Å². The molecular weight excluding hydrogens is 164 g/mol. The molecule has 3 rings (SSSR count). The first kappa shape index (κ1) is 7.54. The van der Waals surface area contributed by atoms with Crippen LogP contribution < -0.4 is 0 Å². The van der Waals surface area contributed by atoms with E-state index in [0.717, 1.165) is 12.8 Å². The maximum absolute atomic E-state index is 9.19. The van der Waals surface area contributed by atoms with Crippen molar-refractivity contribution in [1.29, 1.82) is 0 Å². The second-order valence-corrected chi connectivity index (χ2v) is 3.98. The van der Waals surface area contributed by atoms with Gasteiger partial charge in [-0.2, -0.15) is 0 Å². The molecule has 1 N–H and O–H groups in total. The van der Waals surface area contributed by atoms with Gasteiger partial charge in [0.15, 0.2) is 0 Å². The van der Waals surface area contributed by atoms with Crippen LogP contribution in [-0.2, 0) is 17.6 Å². The number of fused-ring (bicyclic) bond motifs is 2. The lowest BCUT2D eigenvalue weighted by Gasteiger charge is -2.18. The van der Waals surface area contributed by atoms with Crippen molar-refractivity contribution in [2.75, 3.05) is 6.61 Å². The van der Waals surface area contributed by atoms with Gasteiger partial charge in [-0.25, -0.2) is 0 Å². The summed E-state index contributed by atoms with van der Waals surface area (Å²) in [5.74, 6) is 0. The minimum Gasteiger partial charge on any atom is -0.393 e. The quantitative estimate of drug-likeness (QED) is 0.645. The molecule has 1 saturated heterocycles. The number of aliphatic hydroxyl groups excluding tert-OH is 1. The lowest BCUT2D eigenvalue weighted by molar-refractivity contribution is 0.171. The van der Waals surface area contributed by atoms with Gasteiger partial charge in [0, 0.05) is 12.8 Å². The highest BCUT2D eigenvalue weighted by molar-refractivity contribution is 5.36. The summed E-state index contributed by atoms with van der Waals surface area (Å²) in [5.41, 5.74) is 2.51. The van der Waals surface area contributed by atoms with Gasteiger partial charge in [0.2, 0.25) is 0 Å². The van der Waals surface area contributed by atoms with Crippen LogP contribution in [0.25, 0.3) is 0 Å².